The van der Waals surface area contributed by atoms with E-state index in [0.29, 0.717) is 0 Å². The van der Waals surface area contributed by atoms with Crippen molar-refractivity contribution in [3.63, 3.8) is 0 Å². The van der Waals surface area contributed by atoms with E-state index in [1.165, 1.54) is 44.6 Å². The summed E-state index contributed by atoms with van der Waals surface area (Å²) < 4.78 is 1.94. The number of hydrogen-bond acceptors (Lipinski definition) is 4. The van der Waals surface area contributed by atoms with E-state index in [9.17, 15) is 0 Å². The van der Waals surface area contributed by atoms with Crippen molar-refractivity contribution in [3.8, 4) is 38.5 Å². The van der Waals surface area contributed by atoms with Crippen LogP contribution in [0.2, 0.25) is 0 Å². The monoisotopic (exact) mass is 478 g/mol. The molecule has 2 aliphatic rings. The second-order valence-electron chi connectivity index (χ2n) is 9.17. The van der Waals surface area contributed by atoms with Gasteiger partial charge in [-0.3, -0.25) is 0 Å². The molecule has 36 heavy (non-hydrogen) atoms. The Labute approximate surface area is 213 Å². The standard InChI is InChI=1S/C30H19BN4S/c1-3-8-28-24(6-1)22-12-10-20(30-32-15-17-36-30)18-26(22)31-27-19-21(34-16-5-14-33-34)11-13-23(27)25-7-2-4-9-29(25)35(28)31/h1-19H. The van der Waals surface area contributed by atoms with E-state index < -0.39 is 0 Å². The Morgan fingerprint density at radius 1 is 0.667 bits per heavy atom. The molecule has 0 atom stereocenters. The number of benzene rings is 4. The lowest BCUT2D eigenvalue weighted by Crippen LogP contribution is -2.59. The van der Waals surface area contributed by atoms with Gasteiger partial charge in [-0.05, 0) is 52.4 Å². The average Bonchev–Trinajstić information content (AvgIpc) is 3.67. The van der Waals surface area contributed by atoms with Crippen molar-refractivity contribution in [2.24, 2.45) is 0 Å². The zero-order valence-corrected chi connectivity index (χ0v) is 20.1. The van der Waals surface area contributed by atoms with Gasteiger partial charge < -0.3 is 4.81 Å². The molecule has 0 saturated heterocycles. The van der Waals surface area contributed by atoms with Crippen molar-refractivity contribution in [2.75, 3.05) is 4.81 Å². The molecule has 8 rings (SSSR count). The van der Waals surface area contributed by atoms with E-state index in [0.717, 1.165) is 16.3 Å². The molecule has 0 spiro atoms. The minimum absolute atomic E-state index is 0.0372. The van der Waals surface area contributed by atoms with Crippen LogP contribution in [0.1, 0.15) is 0 Å². The maximum atomic E-state index is 4.61. The summed E-state index contributed by atoms with van der Waals surface area (Å²) in [4.78, 5) is 7.13. The van der Waals surface area contributed by atoms with Gasteiger partial charge in [0.25, 0.3) is 0 Å². The SMILES string of the molecule is c1ccc2c(c1)-c1ccc(-c3nccs3)cc1B1c3cc(-n4cccn4)ccc3-c3ccccc3N12. The minimum Gasteiger partial charge on any atom is -0.376 e. The summed E-state index contributed by atoms with van der Waals surface area (Å²) in [6.07, 6.45) is 5.71. The first-order valence-corrected chi connectivity index (χ1v) is 12.9. The van der Waals surface area contributed by atoms with Gasteiger partial charge in [-0.1, -0.05) is 60.7 Å². The average molecular weight is 478 g/mol. The molecule has 168 valence electrons. The van der Waals surface area contributed by atoms with Gasteiger partial charge in [-0.25, -0.2) is 9.67 Å². The Morgan fingerprint density at radius 2 is 1.39 bits per heavy atom. The van der Waals surface area contributed by atoms with E-state index in [-0.39, 0.29) is 6.85 Å². The van der Waals surface area contributed by atoms with Gasteiger partial charge in [-0.2, -0.15) is 5.10 Å². The summed E-state index contributed by atoms with van der Waals surface area (Å²) in [5.41, 5.74) is 12.3. The topological polar surface area (TPSA) is 34.0 Å². The van der Waals surface area contributed by atoms with Gasteiger partial charge in [-0.15, -0.1) is 11.3 Å². The van der Waals surface area contributed by atoms with Gasteiger partial charge in [0.2, 0.25) is 0 Å². The van der Waals surface area contributed by atoms with Crippen molar-refractivity contribution in [3.05, 3.63) is 115 Å². The number of nitrogens with zero attached hydrogens (tertiary/aromatic N) is 4. The first-order chi connectivity index (χ1) is 17.9. The van der Waals surface area contributed by atoms with Gasteiger partial charge in [0.1, 0.15) is 5.01 Å². The number of aromatic nitrogens is 3. The van der Waals surface area contributed by atoms with Crippen molar-refractivity contribution in [2.45, 2.75) is 0 Å². The van der Waals surface area contributed by atoms with Crippen molar-refractivity contribution in [1.82, 2.24) is 14.8 Å². The summed E-state index contributed by atoms with van der Waals surface area (Å²) in [6.45, 7) is 0.0372. The van der Waals surface area contributed by atoms with Gasteiger partial charge in [0.05, 0.1) is 5.69 Å². The molecule has 6 heteroatoms. The lowest BCUT2D eigenvalue weighted by molar-refractivity contribution is 0.881. The third-order valence-electron chi connectivity index (χ3n) is 7.29. The quantitative estimate of drug-likeness (QED) is 0.291. The number of para-hydroxylation sites is 2. The summed E-state index contributed by atoms with van der Waals surface area (Å²) in [6, 6.07) is 33.1. The van der Waals surface area contributed by atoms with Crippen molar-refractivity contribution >= 4 is 40.5 Å². The number of thiazole rings is 1. The predicted molar refractivity (Wildman–Crippen MR) is 149 cm³/mol. The molecule has 0 fully saturated rings. The first-order valence-electron chi connectivity index (χ1n) is 12.0. The molecule has 0 N–H and O–H groups in total. The molecular formula is C30H19BN4S. The summed E-state index contributed by atoms with van der Waals surface area (Å²) in [5, 5.41) is 7.59. The van der Waals surface area contributed by atoms with Crippen LogP contribution in [0.5, 0.6) is 0 Å². The molecule has 6 aromatic rings. The van der Waals surface area contributed by atoms with E-state index in [4.69, 9.17) is 0 Å². The number of hydrogen-bond donors (Lipinski definition) is 0. The Morgan fingerprint density at radius 3 is 2.08 bits per heavy atom. The molecular weight excluding hydrogens is 459 g/mol. The third-order valence-corrected chi connectivity index (χ3v) is 8.11. The van der Waals surface area contributed by atoms with E-state index in [1.807, 2.05) is 34.7 Å². The van der Waals surface area contributed by atoms with Crippen LogP contribution in [0.25, 0.3) is 38.5 Å². The molecule has 0 saturated carbocycles. The van der Waals surface area contributed by atoms with Crippen LogP contribution < -0.4 is 15.7 Å². The molecule has 4 nitrogen and oxygen atoms in total. The Kier molecular flexibility index (Phi) is 4.16. The lowest BCUT2D eigenvalue weighted by atomic mass is 9.43. The normalized spacial score (nSPS) is 12.9. The highest BCUT2D eigenvalue weighted by Crippen LogP contribution is 2.46. The van der Waals surface area contributed by atoms with E-state index in [1.54, 1.807) is 11.3 Å². The maximum Gasteiger partial charge on any atom is 0.329 e. The molecule has 4 aromatic carbocycles. The predicted octanol–water partition coefficient (Wildman–Crippen LogP) is 5.90. The van der Waals surface area contributed by atoms with Crippen LogP contribution >= 0.6 is 11.3 Å². The van der Waals surface area contributed by atoms with Crippen LogP contribution in [-0.2, 0) is 0 Å². The zero-order valence-electron chi connectivity index (χ0n) is 19.2. The number of rotatable bonds is 2. The molecule has 0 aliphatic carbocycles. The Bertz CT molecular complexity index is 1630. The van der Waals surface area contributed by atoms with Gasteiger partial charge >= 0.3 is 6.85 Å². The molecule has 0 bridgehead atoms. The fraction of sp³-hybridized carbons (Fsp3) is 0. The van der Waals surface area contributed by atoms with Crippen LogP contribution in [0.4, 0.5) is 11.4 Å². The third kappa shape index (κ3) is 2.76. The molecule has 4 heterocycles. The van der Waals surface area contributed by atoms with Crippen LogP contribution in [0, 0.1) is 0 Å². The zero-order chi connectivity index (χ0) is 23.6. The van der Waals surface area contributed by atoms with Crippen LogP contribution in [0.15, 0.2) is 115 Å². The molecule has 0 unspecified atom stereocenters. The van der Waals surface area contributed by atoms with Crippen molar-refractivity contribution in [1.29, 1.82) is 0 Å². The first kappa shape index (κ1) is 19.8. The van der Waals surface area contributed by atoms with Crippen LogP contribution in [-0.4, -0.2) is 21.6 Å². The molecule has 2 aliphatic heterocycles. The minimum atomic E-state index is 0.0372. The van der Waals surface area contributed by atoms with Gasteiger partial charge in [0.15, 0.2) is 0 Å². The summed E-state index contributed by atoms with van der Waals surface area (Å²) in [7, 11) is 0. The van der Waals surface area contributed by atoms with Crippen molar-refractivity contribution < 1.29 is 0 Å². The largest absolute Gasteiger partial charge is 0.376 e. The molecule has 2 aromatic heterocycles. The van der Waals surface area contributed by atoms with Crippen LogP contribution in [0.3, 0.4) is 0 Å². The second-order valence-corrected chi connectivity index (χ2v) is 10.1. The number of anilines is 2. The highest BCUT2D eigenvalue weighted by molar-refractivity contribution is 7.13. The second kappa shape index (κ2) is 7.54. The Balaban J connectivity index is 1.46. The fourth-order valence-electron chi connectivity index (χ4n) is 5.80. The van der Waals surface area contributed by atoms with Gasteiger partial charge in [0, 0.05) is 52.0 Å². The lowest BCUT2D eigenvalue weighted by Gasteiger charge is -2.43. The summed E-state index contributed by atoms with van der Waals surface area (Å²) >= 11 is 1.68. The Hall–Kier alpha value is -4.42. The molecule has 0 amide bonds. The highest BCUT2D eigenvalue weighted by atomic mass is 32.1. The highest BCUT2D eigenvalue weighted by Gasteiger charge is 2.42. The van der Waals surface area contributed by atoms with E-state index >= 15 is 0 Å². The summed E-state index contributed by atoms with van der Waals surface area (Å²) in [5.74, 6) is 0. The smallest absolute Gasteiger partial charge is 0.329 e. The molecule has 0 radical (unpaired) electrons. The maximum absolute atomic E-state index is 4.61. The van der Waals surface area contributed by atoms with E-state index in [2.05, 4.69) is 99.8 Å². The fourth-order valence-corrected chi connectivity index (χ4v) is 6.43. The number of fused-ring (bicyclic) bond motifs is 11.